The Kier molecular flexibility index (Phi) is 7.12. The van der Waals surface area contributed by atoms with E-state index in [1.54, 1.807) is 6.92 Å². The number of hydrogen-bond donors (Lipinski definition) is 2. The minimum Gasteiger partial charge on any atom is -0.387 e. The Balaban J connectivity index is 1.45. The highest BCUT2D eigenvalue weighted by Gasteiger charge is 2.44. The second kappa shape index (κ2) is 9.73. The molecule has 2 aromatic carbocycles. The fraction of sp³-hybridized carbons (Fsp3) is 0.440. The first-order chi connectivity index (χ1) is 17.2. The van der Waals surface area contributed by atoms with Crippen molar-refractivity contribution in [2.75, 3.05) is 19.6 Å². The van der Waals surface area contributed by atoms with E-state index in [1.807, 2.05) is 0 Å². The lowest BCUT2D eigenvalue weighted by molar-refractivity contribution is -0.137. The summed E-state index contributed by atoms with van der Waals surface area (Å²) >= 11 is 0. The fourth-order valence-corrected chi connectivity index (χ4v) is 6.34. The zero-order valence-electron chi connectivity index (χ0n) is 20.3. The van der Waals surface area contributed by atoms with Crippen molar-refractivity contribution in [1.82, 2.24) is 14.5 Å². The van der Waals surface area contributed by atoms with Gasteiger partial charge < -0.3 is 15.3 Å². The maximum absolute atomic E-state index is 13.3. The molecule has 0 bridgehead atoms. The Bertz CT molecular complexity index is 1290. The third-order valence-corrected chi connectivity index (χ3v) is 8.45. The predicted molar refractivity (Wildman–Crippen MR) is 128 cm³/mol. The van der Waals surface area contributed by atoms with Gasteiger partial charge in [-0.25, -0.2) is 8.42 Å². The molecule has 2 N–H and O–H groups in total. The molecule has 2 amide bonds. The van der Waals surface area contributed by atoms with Crippen molar-refractivity contribution in [2.24, 2.45) is 0 Å². The van der Waals surface area contributed by atoms with E-state index in [0.717, 1.165) is 16.4 Å². The van der Waals surface area contributed by atoms with E-state index in [0.29, 0.717) is 24.9 Å². The minimum absolute atomic E-state index is 0.0427. The number of likely N-dealkylation sites (tertiary alicyclic amines) is 1. The van der Waals surface area contributed by atoms with Crippen molar-refractivity contribution in [1.29, 1.82) is 0 Å². The summed E-state index contributed by atoms with van der Waals surface area (Å²) in [7, 11) is -3.89. The number of amides is 2. The number of hydrogen-bond acceptors (Lipinski definition) is 5. The van der Waals surface area contributed by atoms with E-state index < -0.39 is 51.3 Å². The Hall–Kier alpha value is -2.96. The van der Waals surface area contributed by atoms with Gasteiger partial charge in [-0.1, -0.05) is 18.2 Å². The molecule has 2 atom stereocenters. The molecule has 0 radical (unpaired) electrons. The third kappa shape index (κ3) is 5.65. The molecule has 2 heterocycles. The third-order valence-electron chi connectivity index (χ3n) is 6.67. The second-order valence-electron chi connectivity index (χ2n) is 9.80. The Morgan fingerprint density at radius 3 is 2.38 bits per heavy atom. The monoisotopic (exact) mass is 539 g/mol. The van der Waals surface area contributed by atoms with Crippen LogP contribution < -0.4 is 5.32 Å². The van der Waals surface area contributed by atoms with Crippen molar-refractivity contribution >= 4 is 21.8 Å². The Labute approximate surface area is 213 Å². The summed E-state index contributed by atoms with van der Waals surface area (Å²) in [6, 6.07) is 8.69. The average molecular weight is 540 g/mol. The van der Waals surface area contributed by atoms with Crippen LogP contribution in [0.15, 0.2) is 53.4 Å². The summed E-state index contributed by atoms with van der Waals surface area (Å²) in [5.41, 5.74) is -1.27. The van der Waals surface area contributed by atoms with E-state index in [-0.39, 0.29) is 23.5 Å². The van der Waals surface area contributed by atoms with Gasteiger partial charge in [-0.15, -0.1) is 0 Å². The molecular weight excluding hydrogens is 511 g/mol. The summed E-state index contributed by atoms with van der Waals surface area (Å²) in [4.78, 5) is 27.6. The summed E-state index contributed by atoms with van der Waals surface area (Å²) in [5, 5.41) is 12.7. The lowest BCUT2D eigenvalue weighted by atomic mass is 10.0. The summed E-state index contributed by atoms with van der Waals surface area (Å²) in [6.45, 7) is 3.40. The number of aliphatic hydroxyl groups is 1. The van der Waals surface area contributed by atoms with Crippen LogP contribution in [-0.2, 0) is 21.0 Å². The number of halogens is 3. The van der Waals surface area contributed by atoms with Crippen molar-refractivity contribution in [3.05, 3.63) is 65.2 Å². The molecule has 2 fully saturated rings. The Morgan fingerprint density at radius 1 is 1.14 bits per heavy atom. The number of β-amino-alcohol motifs (C(OH)–C–C–N with tert-alkyl or cyclic N) is 1. The molecule has 0 aliphatic carbocycles. The molecular formula is C25H28F3N3O5S. The van der Waals surface area contributed by atoms with E-state index in [2.05, 4.69) is 5.32 Å². The van der Waals surface area contributed by atoms with Gasteiger partial charge in [0.15, 0.2) is 0 Å². The van der Waals surface area contributed by atoms with Crippen LogP contribution in [0, 0.1) is 0 Å². The van der Waals surface area contributed by atoms with Crippen LogP contribution in [0.25, 0.3) is 0 Å². The van der Waals surface area contributed by atoms with E-state index >= 15 is 0 Å². The quantitative estimate of drug-likeness (QED) is 0.587. The standard InChI is InChI=1S/C25H28F3N3O5S/c1-16(17-8-10-19(11-9-17)25(26,27)28)29-22(32)21-7-4-12-31(21)23(33)18-5-3-6-20(13-18)37(35,36)30-14-24(2,34)15-30/h3,5-6,8-11,13,16,21,34H,4,7,12,14-15H2,1-2H3,(H,29,32)/t16?,21-/m1/s1. The van der Waals surface area contributed by atoms with Crippen LogP contribution in [-0.4, -0.2) is 65.8 Å². The maximum Gasteiger partial charge on any atom is 0.416 e. The SMILES string of the molecule is CC(NC(=O)[C@H]1CCCN1C(=O)c1cccc(S(=O)(=O)N2CC(C)(O)C2)c1)c1ccc(C(F)(F)F)cc1. The predicted octanol–water partition coefficient (Wildman–Crippen LogP) is 2.94. The highest BCUT2D eigenvalue weighted by Crippen LogP contribution is 2.31. The van der Waals surface area contributed by atoms with Gasteiger partial charge in [-0.3, -0.25) is 9.59 Å². The van der Waals surface area contributed by atoms with Crippen LogP contribution in [0.5, 0.6) is 0 Å². The molecule has 2 saturated heterocycles. The molecule has 8 nitrogen and oxygen atoms in total. The van der Waals surface area contributed by atoms with Gasteiger partial charge in [-0.05, 0) is 62.6 Å². The van der Waals surface area contributed by atoms with Crippen molar-refractivity contribution in [3.63, 3.8) is 0 Å². The van der Waals surface area contributed by atoms with Crippen molar-refractivity contribution < 1.29 is 36.3 Å². The minimum atomic E-state index is -4.46. The van der Waals surface area contributed by atoms with Gasteiger partial charge in [0.1, 0.15) is 6.04 Å². The number of rotatable bonds is 6. The van der Waals surface area contributed by atoms with Crippen LogP contribution in [0.1, 0.15) is 54.2 Å². The van der Waals surface area contributed by atoms with Gasteiger partial charge in [0.25, 0.3) is 5.91 Å². The first-order valence-corrected chi connectivity index (χ1v) is 13.2. The number of alkyl halides is 3. The highest BCUT2D eigenvalue weighted by molar-refractivity contribution is 7.89. The average Bonchev–Trinajstić information content (AvgIpc) is 3.32. The molecule has 37 heavy (non-hydrogen) atoms. The maximum atomic E-state index is 13.3. The Morgan fingerprint density at radius 2 is 1.78 bits per heavy atom. The van der Waals surface area contributed by atoms with Crippen molar-refractivity contribution in [2.45, 2.75) is 55.4 Å². The van der Waals surface area contributed by atoms with Gasteiger partial charge >= 0.3 is 6.18 Å². The normalized spacial score (nSPS) is 20.8. The number of nitrogens with zero attached hydrogens (tertiary/aromatic N) is 2. The molecule has 0 spiro atoms. The lowest BCUT2D eigenvalue weighted by Gasteiger charge is -2.42. The number of benzene rings is 2. The highest BCUT2D eigenvalue weighted by atomic mass is 32.2. The molecule has 2 aromatic rings. The van der Waals surface area contributed by atoms with E-state index in [9.17, 15) is 36.3 Å². The molecule has 1 unspecified atom stereocenters. The number of carbonyl (C=O) groups is 2. The topological polar surface area (TPSA) is 107 Å². The van der Waals surface area contributed by atoms with Crippen molar-refractivity contribution in [3.8, 4) is 0 Å². The molecule has 2 aliphatic rings. The zero-order chi connectivity index (χ0) is 27.2. The number of nitrogens with one attached hydrogen (secondary N) is 1. The summed E-state index contributed by atoms with van der Waals surface area (Å²) in [5.74, 6) is -0.933. The molecule has 0 aromatic heterocycles. The first-order valence-electron chi connectivity index (χ1n) is 11.8. The number of carbonyl (C=O) groups excluding carboxylic acids is 2. The second-order valence-corrected chi connectivity index (χ2v) is 11.7. The van der Waals surface area contributed by atoms with E-state index in [1.165, 1.54) is 48.2 Å². The lowest BCUT2D eigenvalue weighted by Crippen LogP contribution is -2.61. The molecule has 200 valence electrons. The molecule has 12 heteroatoms. The number of sulfonamides is 1. The summed E-state index contributed by atoms with van der Waals surface area (Å²) in [6.07, 6.45) is -3.49. The van der Waals surface area contributed by atoms with Crippen LogP contribution in [0.2, 0.25) is 0 Å². The van der Waals surface area contributed by atoms with Crippen LogP contribution >= 0.6 is 0 Å². The fourth-order valence-electron chi connectivity index (χ4n) is 4.62. The largest absolute Gasteiger partial charge is 0.416 e. The molecule has 2 aliphatic heterocycles. The van der Waals surface area contributed by atoms with Gasteiger partial charge in [0.2, 0.25) is 15.9 Å². The molecule has 4 rings (SSSR count). The zero-order valence-corrected chi connectivity index (χ0v) is 21.1. The molecule has 0 saturated carbocycles. The van der Waals surface area contributed by atoms with Crippen LogP contribution in [0.3, 0.4) is 0 Å². The smallest absolute Gasteiger partial charge is 0.387 e. The first kappa shape index (κ1) is 27.1. The van der Waals surface area contributed by atoms with Gasteiger partial charge in [0.05, 0.1) is 22.1 Å². The summed E-state index contributed by atoms with van der Waals surface area (Å²) < 4.78 is 65.3. The van der Waals surface area contributed by atoms with Gasteiger partial charge in [0, 0.05) is 25.2 Å². The van der Waals surface area contributed by atoms with Gasteiger partial charge in [-0.2, -0.15) is 17.5 Å². The van der Waals surface area contributed by atoms with E-state index in [4.69, 9.17) is 0 Å². The van der Waals surface area contributed by atoms with Crippen LogP contribution in [0.4, 0.5) is 13.2 Å².